The minimum Gasteiger partial charge on any atom is -0.497 e. The number of carbonyl (C=O) groups is 1. The molecular weight excluding hydrogens is 569 g/mol. The van der Waals surface area contributed by atoms with Gasteiger partial charge in [0.1, 0.15) is 15.5 Å². The van der Waals surface area contributed by atoms with Crippen LogP contribution in [0.1, 0.15) is 20.9 Å². The molecule has 12 heteroatoms. The number of pyridine rings is 1. The maximum Gasteiger partial charge on any atom is 0.416 e. The summed E-state index contributed by atoms with van der Waals surface area (Å²) in [5.41, 5.74) is 8.24. The molecule has 0 aliphatic heterocycles. The highest BCUT2D eigenvalue weighted by Gasteiger charge is 2.37. The van der Waals surface area contributed by atoms with E-state index in [1.807, 2.05) is 30.3 Å². The lowest BCUT2D eigenvalue weighted by atomic mass is 9.98. The molecule has 0 amide bonds. The lowest BCUT2D eigenvalue weighted by Gasteiger charge is -2.11. The SMILES string of the molecule is COc1ccc(-[n+]2noc(O)c2C(=O)c2sc3nc(-c4ccccc4)cc(-c4ccc(C(F)(F)F)cc4)c3c2N)cc1. The molecule has 0 aliphatic rings. The minimum atomic E-state index is -4.50. The first kappa shape index (κ1) is 27.0. The van der Waals surface area contributed by atoms with E-state index >= 15 is 0 Å². The van der Waals surface area contributed by atoms with Gasteiger partial charge in [-0.1, -0.05) is 42.5 Å². The molecule has 0 bridgehead atoms. The average Bonchev–Trinajstić information content (AvgIpc) is 3.56. The van der Waals surface area contributed by atoms with E-state index in [4.69, 9.17) is 20.0 Å². The first-order chi connectivity index (χ1) is 20.2. The quantitative estimate of drug-likeness (QED) is 0.170. The summed E-state index contributed by atoms with van der Waals surface area (Å²) in [5.74, 6) is -0.817. The molecule has 3 aromatic heterocycles. The number of ketones is 1. The second-order valence-corrected chi connectivity index (χ2v) is 10.2. The standard InChI is InChI=1S/C30H19F3N4O4S/c1-40-20-13-11-19(12-14-20)37-25(29(39)41-36-37)26(38)27-24(34)23-21(16-7-9-18(10-8-16)30(31,32)33)15-22(35-28(23)42-27)17-5-3-2-4-6-17/h2-15H,1H3,(H2-,34,36,38,39)/p+1. The zero-order valence-electron chi connectivity index (χ0n) is 21.7. The number of halogens is 3. The van der Waals surface area contributed by atoms with Crippen LogP contribution in [0.25, 0.3) is 38.3 Å². The molecule has 0 atom stereocenters. The van der Waals surface area contributed by atoms with Gasteiger partial charge in [0.2, 0.25) is 11.0 Å². The van der Waals surface area contributed by atoms with E-state index in [1.165, 1.54) is 19.2 Å². The van der Waals surface area contributed by atoms with Crippen molar-refractivity contribution in [2.45, 2.75) is 6.18 Å². The predicted molar refractivity (Wildman–Crippen MR) is 150 cm³/mol. The molecule has 6 aromatic rings. The summed E-state index contributed by atoms with van der Waals surface area (Å²) in [5, 5.41) is 14.7. The number of hydrogen-bond acceptors (Lipinski definition) is 8. The molecule has 0 saturated heterocycles. The van der Waals surface area contributed by atoms with E-state index in [9.17, 15) is 23.1 Å². The fourth-order valence-electron chi connectivity index (χ4n) is 4.57. The van der Waals surface area contributed by atoms with E-state index < -0.39 is 23.5 Å². The van der Waals surface area contributed by atoms with E-state index in [0.717, 1.165) is 33.7 Å². The molecule has 3 N–H and O–H groups in total. The number of hydrogen-bond donors (Lipinski definition) is 2. The van der Waals surface area contributed by atoms with Crippen molar-refractivity contribution < 1.29 is 37.0 Å². The molecule has 0 radical (unpaired) electrons. The summed E-state index contributed by atoms with van der Waals surface area (Å²) < 4.78 is 51.1. The van der Waals surface area contributed by atoms with Crippen LogP contribution in [0.2, 0.25) is 0 Å². The molecule has 0 unspecified atom stereocenters. The molecule has 6 rings (SSSR count). The van der Waals surface area contributed by atoms with Gasteiger partial charge in [-0.15, -0.1) is 11.3 Å². The Morgan fingerprint density at radius 1 is 1.00 bits per heavy atom. The van der Waals surface area contributed by atoms with Crippen LogP contribution in [0.4, 0.5) is 18.9 Å². The van der Waals surface area contributed by atoms with Crippen LogP contribution in [0, 0.1) is 0 Å². The molecule has 0 fully saturated rings. The van der Waals surface area contributed by atoms with Crippen molar-refractivity contribution in [3.05, 3.63) is 101 Å². The van der Waals surface area contributed by atoms with Gasteiger partial charge in [0.25, 0.3) is 5.78 Å². The van der Waals surface area contributed by atoms with Crippen LogP contribution in [-0.4, -0.2) is 28.3 Å². The molecule has 3 aromatic carbocycles. The number of ether oxygens (including phenoxy) is 1. The van der Waals surface area contributed by atoms with Gasteiger partial charge < -0.3 is 15.6 Å². The second-order valence-electron chi connectivity index (χ2n) is 9.19. The number of aromatic nitrogens is 3. The second kappa shape index (κ2) is 10.3. The van der Waals surface area contributed by atoms with Crippen LogP contribution in [0.5, 0.6) is 11.7 Å². The van der Waals surface area contributed by atoms with E-state index in [-0.39, 0.29) is 16.3 Å². The Morgan fingerprint density at radius 2 is 1.69 bits per heavy atom. The maximum absolute atomic E-state index is 13.9. The van der Waals surface area contributed by atoms with Gasteiger partial charge >= 0.3 is 17.8 Å². The van der Waals surface area contributed by atoms with Crippen molar-refractivity contribution in [3.8, 4) is 39.8 Å². The van der Waals surface area contributed by atoms with Crippen LogP contribution in [-0.2, 0) is 6.18 Å². The number of aromatic hydroxyl groups is 1. The highest BCUT2D eigenvalue weighted by atomic mass is 32.1. The van der Waals surface area contributed by atoms with Crippen molar-refractivity contribution in [2.75, 3.05) is 12.8 Å². The fourth-order valence-corrected chi connectivity index (χ4v) is 5.63. The number of nitrogens with zero attached hydrogens (tertiary/aromatic N) is 3. The van der Waals surface area contributed by atoms with E-state index in [2.05, 4.69) is 5.27 Å². The van der Waals surface area contributed by atoms with Crippen molar-refractivity contribution >= 4 is 33.0 Å². The smallest absolute Gasteiger partial charge is 0.416 e. The molecule has 0 saturated carbocycles. The molecule has 8 nitrogen and oxygen atoms in total. The van der Waals surface area contributed by atoms with Crippen LogP contribution in [0.3, 0.4) is 0 Å². The Labute approximate surface area is 240 Å². The van der Waals surface area contributed by atoms with Gasteiger partial charge in [-0.3, -0.25) is 9.32 Å². The first-order valence-corrected chi connectivity index (χ1v) is 13.2. The van der Waals surface area contributed by atoms with Gasteiger partial charge in [0, 0.05) is 27.8 Å². The summed E-state index contributed by atoms with van der Waals surface area (Å²) in [6.45, 7) is 0. The minimum absolute atomic E-state index is 0.0524. The van der Waals surface area contributed by atoms with Gasteiger partial charge in [0.15, 0.2) is 0 Å². The molecule has 0 aliphatic carbocycles. The van der Waals surface area contributed by atoms with Gasteiger partial charge in [-0.05, 0) is 41.5 Å². The maximum atomic E-state index is 13.9. The highest BCUT2D eigenvalue weighted by Crippen LogP contribution is 2.43. The summed E-state index contributed by atoms with van der Waals surface area (Å²) in [7, 11) is 1.51. The van der Waals surface area contributed by atoms with Crippen LogP contribution >= 0.6 is 11.3 Å². The van der Waals surface area contributed by atoms with E-state index in [0.29, 0.717) is 38.5 Å². The van der Waals surface area contributed by atoms with Gasteiger partial charge in [-0.2, -0.15) is 13.2 Å². The van der Waals surface area contributed by atoms with Crippen molar-refractivity contribution in [3.63, 3.8) is 0 Å². The summed E-state index contributed by atoms with van der Waals surface area (Å²) >= 11 is 0.994. The number of benzene rings is 3. The van der Waals surface area contributed by atoms with Gasteiger partial charge in [0.05, 0.1) is 24.1 Å². The lowest BCUT2D eigenvalue weighted by Crippen LogP contribution is -2.38. The number of nitrogen functional groups attached to an aromatic ring is 1. The summed E-state index contributed by atoms with van der Waals surface area (Å²) in [6.07, 6.45) is -4.50. The third-order valence-corrected chi connectivity index (χ3v) is 7.75. The molecule has 3 heterocycles. The number of carbonyl (C=O) groups excluding carboxylic acids is 1. The third-order valence-electron chi connectivity index (χ3n) is 6.65. The monoisotopic (exact) mass is 589 g/mol. The summed E-state index contributed by atoms with van der Waals surface area (Å²) in [6, 6.07) is 22.2. The Hall–Kier alpha value is -5.23. The Kier molecular flexibility index (Phi) is 6.62. The average molecular weight is 590 g/mol. The Balaban J connectivity index is 1.53. The van der Waals surface area contributed by atoms with Crippen molar-refractivity contribution in [1.29, 1.82) is 0 Å². The number of rotatable bonds is 6. The number of methoxy groups -OCH3 is 1. The number of fused-ring (bicyclic) bond motifs is 1. The topological polar surface area (TPSA) is 115 Å². The third kappa shape index (κ3) is 4.71. The number of alkyl halides is 3. The van der Waals surface area contributed by atoms with Crippen LogP contribution in [0.15, 0.2) is 89.5 Å². The Bertz CT molecular complexity index is 1930. The van der Waals surface area contributed by atoms with Crippen LogP contribution < -0.4 is 15.2 Å². The predicted octanol–water partition coefficient (Wildman–Crippen LogP) is 6.44. The lowest BCUT2D eigenvalue weighted by molar-refractivity contribution is -0.672. The number of thiophene rings is 1. The largest absolute Gasteiger partial charge is 0.497 e. The zero-order valence-corrected chi connectivity index (χ0v) is 22.5. The number of nitrogens with two attached hydrogens (primary N) is 1. The fraction of sp³-hybridized carbons (Fsp3) is 0.0667. The zero-order chi connectivity index (χ0) is 29.6. The first-order valence-electron chi connectivity index (χ1n) is 12.4. The van der Waals surface area contributed by atoms with Crippen molar-refractivity contribution in [2.24, 2.45) is 0 Å². The van der Waals surface area contributed by atoms with Crippen molar-refractivity contribution in [1.82, 2.24) is 10.3 Å². The normalized spacial score (nSPS) is 11.6. The summed E-state index contributed by atoms with van der Waals surface area (Å²) in [4.78, 5) is 19.0. The molecular formula is C30H20F3N4O4S+. The Morgan fingerprint density at radius 3 is 2.33 bits per heavy atom. The highest BCUT2D eigenvalue weighted by molar-refractivity contribution is 7.21. The number of anilines is 1. The van der Waals surface area contributed by atoms with Gasteiger partial charge in [-0.25, -0.2) is 4.98 Å². The molecule has 210 valence electrons. The van der Waals surface area contributed by atoms with E-state index in [1.54, 1.807) is 30.3 Å². The molecule has 42 heavy (non-hydrogen) atoms. The molecule has 0 spiro atoms.